The van der Waals surface area contributed by atoms with Gasteiger partial charge >= 0.3 is 0 Å². The van der Waals surface area contributed by atoms with Crippen LogP contribution in [0.2, 0.25) is 5.02 Å². The average Bonchev–Trinajstić information content (AvgIpc) is 2.96. The molecule has 2 aromatic carbocycles. The molecule has 0 radical (unpaired) electrons. The van der Waals surface area contributed by atoms with E-state index >= 15 is 0 Å². The zero-order valence-corrected chi connectivity index (χ0v) is 16.7. The summed E-state index contributed by atoms with van der Waals surface area (Å²) in [5.74, 6) is -0.694. The van der Waals surface area contributed by atoms with E-state index in [4.69, 9.17) is 11.6 Å². The molecule has 29 heavy (non-hydrogen) atoms. The molecule has 0 atom stereocenters. The lowest BCUT2D eigenvalue weighted by Gasteiger charge is -2.05. The number of hydrogen-bond donors (Lipinski definition) is 0. The number of nitrogens with zero attached hydrogens (tertiary/aromatic N) is 4. The number of aromatic nitrogens is 2. The third-order valence-corrected chi connectivity index (χ3v) is 5.58. The molecule has 0 unspecified atom stereocenters. The van der Waals surface area contributed by atoms with Crippen molar-refractivity contribution in [2.45, 2.75) is 23.6 Å². The Bertz CT molecular complexity index is 1110. The molecule has 1 aromatic heterocycles. The molecule has 1 heterocycles. The van der Waals surface area contributed by atoms with Crippen LogP contribution in [0.15, 0.2) is 52.3 Å². The lowest BCUT2D eigenvalue weighted by molar-refractivity contribution is -0.394. The lowest BCUT2D eigenvalue weighted by Crippen LogP contribution is -2.16. The van der Waals surface area contributed by atoms with E-state index in [0.29, 0.717) is 16.4 Å². The van der Waals surface area contributed by atoms with E-state index in [9.17, 15) is 25.0 Å². The summed E-state index contributed by atoms with van der Waals surface area (Å²) in [5, 5.41) is 27.0. The minimum atomic E-state index is -0.785. The van der Waals surface area contributed by atoms with Crippen LogP contribution in [0.25, 0.3) is 0 Å². The maximum absolute atomic E-state index is 12.9. The predicted octanol–water partition coefficient (Wildman–Crippen LogP) is 4.81. The topological polar surface area (TPSA) is 121 Å². The molecule has 148 valence electrons. The van der Waals surface area contributed by atoms with E-state index in [2.05, 4.69) is 5.10 Å². The van der Waals surface area contributed by atoms with E-state index in [0.717, 1.165) is 32.7 Å². The quantitative estimate of drug-likeness (QED) is 0.418. The molecular formula is C18H13ClN4O5S. The molecule has 9 nitrogen and oxygen atoms in total. The minimum absolute atomic E-state index is 0.195. The summed E-state index contributed by atoms with van der Waals surface area (Å²) >= 11 is 7.28. The maximum atomic E-state index is 12.9. The molecule has 0 N–H and O–H groups in total. The van der Waals surface area contributed by atoms with Gasteiger partial charge in [0.05, 0.1) is 37.8 Å². The molecule has 0 spiro atoms. The fourth-order valence-corrected chi connectivity index (χ4v) is 3.70. The van der Waals surface area contributed by atoms with E-state index < -0.39 is 27.1 Å². The van der Waals surface area contributed by atoms with Gasteiger partial charge in [-0.1, -0.05) is 23.4 Å². The SMILES string of the molecule is Cc1nn(C(=O)c2cc([N+](=O)[O-])cc([N+](=O)[O-])c2)c(C)c1Sc1ccc(Cl)cc1. The van der Waals surface area contributed by atoms with Crippen LogP contribution in [0, 0.1) is 34.1 Å². The summed E-state index contributed by atoms with van der Waals surface area (Å²) in [6, 6.07) is 9.94. The van der Waals surface area contributed by atoms with Gasteiger partial charge < -0.3 is 0 Å². The minimum Gasteiger partial charge on any atom is -0.267 e. The molecule has 0 saturated carbocycles. The van der Waals surface area contributed by atoms with Crippen LogP contribution in [0.5, 0.6) is 0 Å². The number of nitro groups is 2. The van der Waals surface area contributed by atoms with Gasteiger partial charge in [0.25, 0.3) is 17.3 Å². The van der Waals surface area contributed by atoms with Crippen molar-refractivity contribution in [1.82, 2.24) is 9.78 Å². The molecule has 0 bridgehead atoms. The second-order valence-corrected chi connectivity index (χ2v) is 7.55. The molecular weight excluding hydrogens is 420 g/mol. The lowest BCUT2D eigenvalue weighted by atomic mass is 10.1. The van der Waals surface area contributed by atoms with Crippen LogP contribution in [0.4, 0.5) is 11.4 Å². The molecule has 0 saturated heterocycles. The summed E-state index contributed by atoms with van der Waals surface area (Å²) in [7, 11) is 0. The molecule has 0 aliphatic carbocycles. The first kappa shape index (κ1) is 20.5. The fourth-order valence-electron chi connectivity index (χ4n) is 2.65. The van der Waals surface area contributed by atoms with E-state index in [1.54, 1.807) is 26.0 Å². The average molecular weight is 433 g/mol. The Morgan fingerprint density at radius 3 is 2.10 bits per heavy atom. The predicted molar refractivity (Wildman–Crippen MR) is 107 cm³/mol. The highest BCUT2D eigenvalue weighted by atomic mass is 35.5. The van der Waals surface area contributed by atoms with E-state index in [-0.39, 0.29) is 5.56 Å². The number of aryl methyl sites for hydroxylation is 1. The molecule has 0 amide bonds. The first-order valence-electron chi connectivity index (χ1n) is 8.15. The monoisotopic (exact) mass is 432 g/mol. The van der Waals surface area contributed by atoms with Crippen molar-refractivity contribution < 1.29 is 14.6 Å². The number of nitro benzene ring substituents is 2. The molecule has 0 aliphatic heterocycles. The van der Waals surface area contributed by atoms with Gasteiger partial charge in [-0.15, -0.1) is 0 Å². The highest BCUT2D eigenvalue weighted by Crippen LogP contribution is 2.34. The van der Waals surface area contributed by atoms with Gasteiger partial charge in [0.1, 0.15) is 0 Å². The summed E-state index contributed by atoms with van der Waals surface area (Å²) in [5.41, 5.74) is -0.184. The number of halogens is 1. The summed E-state index contributed by atoms with van der Waals surface area (Å²) in [6.45, 7) is 3.41. The summed E-state index contributed by atoms with van der Waals surface area (Å²) < 4.78 is 1.09. The third kappa shape index (κ3) is 4.28. The van der Waals surface area contributed by atoms with Crippen molar-refractivity contribution in [3.63, 3.8) is 0 Å². The van der Waals surface area contributed by atoms with Crippen molar-refractivity contribution in [2.24, 2.45) is 0 Å². The Hall–Kier alpha value is -3.24. The summed E-state index contributed by atoms with van der Waals surface area (Å²) in [6.07, 6.45) is 0. The van der Waals surface area contributed by atoms with Crippen molar-refractivity contribution in [1.29, 1.82) is 0 Å². The number of non-ortho nitro benzene ring substituents is 2. The van der Waals surface area contributed by atoms with Crippen LogP contribution >= 0.6 is 23.4 Å². The zero-order valence-electron chi connectivity index (χ0n) is 15.2. The van der Waals surface area contributed by atoms with Crippen LogP contribution in [-0.4, -0.2) is 25.5 Å². The van der Waals surface area contributed by atoms with Crippen LogP contribution in [0.3, 0.4) is 0 Å². The highest BCUT2D eigenvalue weighted by molar-refractivity contribution is 7.99. The molecule has 3 aromatic rings. The van der Waals surface area contributed by atoms with Gasteiger partial charge in [-0.3, -0.25) is 25.0 Å². The summed E-state index contributed by atoms with van der Waals surface area (Å²) in [4.78, 5) is 35.1. The van der Waals surface area contributed by atoms with Crippen LogP contribution in [-0.2, 0) is 0 Å². The van der Waals surface area contributed by atoms with Gasteiger partial charge in [0.2, 0.25) is 0 Å². The number of carbonyl (C=O) groups is 1. The second-order valence-electron chi connectivity index (χ2n) is 6.03. The Balaban J connectivity index is 2.01. The van der Waals surface area contributed by atoms with Crippen LogP contribution < -0.4 is 0 Å². The normalized spacial score (nSPS) is 10.7. The Kier molecular flexibility index (Phi) is 5.66. The highest BCUT2D eigenvalue weighted by Gasteiger charge is 2.24. The van der Waals surface area contributed by atoms with Crippen molar-refractivity contribution in [3.8, 4) is 0 Å². The van der Waals surface area contributed by atoms with Crippen molar-refractivity contribution in [3.05, 3.63) is 84.7 Å². The Labute approximate surface area is 173 Å². The molecule has 0 aliphatic rings. The van der Waals surface area contributed by atoms with Gasteiger partial charge in [0.15, 0.2) is 0 Å². The molecule has 0 fully saturated rings. The van der Waals surface area contributed by atoms with Gasteiger partial charge in [-0.25, -0.2) is 0 Å². The second kappa shape index (κ2) is 8.02. The Morgan fingerprint density at radius 2 is 1.59 bits per heavy atom. The van der Waals surface area contributed by atoms with Gasteiger partial charge in [-0.2, -0.15) is 9.78 Å². The number of rotatable bonds is 5. The number of hydrogen-bond acceptors (Lipinski definition) is 7. The zero-order chi connectivity index (χ0) is 21.3. The fraction of sp³-hybridized carbons (Fsp3) is 0.111. The van der Waals surface area contributed by atoms with E-state index in [1.165, 1.54) is 11.8 Å². The first-order valence-corrected chi connectivity index (χ1v) is 9.35. The first-order chi connectivity index (χ1) is 13.7. The maximum Gasteiger partial charge on any atom is 0.278 e. The Morgan fingerprint density at radius 1 is 1.03 bits per heavy atom. The molecule has 3 rings (SSSR count). The standard InChI is InChI=1S/C18H13ClN4O5S/c1-10-17(29-16-5-3-13(19)4-6-16)11(2)21(20-10)18(24)12-7-14(22(25)26)9-15(8-12)23(27)28/h3-9H,1-2H3. The molecule has 11 heteroatoms. The van der Waals surface area contributed by atoms with Crippen molar-refractivity contribution >= 4 is 40.6 Å². The van der Waals surface area contributed by atoms with Crippen molar-refractivity contribution in [2.75, 3.05) is 0 Å². The van der Waals surface area contributed by atoms with E-state index in [1.807, 2.05) is 12.1 Å². The largest absolute Gasteiger partial charge is 0.278 e. The van der Waals surface area contributed by atoms with Gasteiger partial charge in [0, 0.05) is 22.1 Å². The number of benzene rings is 2. The smallest absolute Gasteiger partial charge is 0.267 e. The van der Waals surface area contributed by atoms with Crippen LogP contribution in [0.1, 0.15) is 21.7 Å². The van der Waals surface area contributed by atoms with Gasteiger partial charge in [-0.05, 0) is 38.1 Å². The number of carbonyl (C=O) groups excluding carboxylic acids is 1. The third-order valence-electron chi connectivity index (χ3n) is 4.02.